The van der Waals surface area contributed by atoms with Gasteiger partial charge in [0.2, 0.25) is 0 Å². The van der Waals surface area contributed by atoms with Crippen molar-refractivity contribution in [1.82, 2.24) is 0 Å². The molecule has 0 radical (unpaired) electrons. The summed E-state index contributed by atoms with van der Waals surface area (Å²) in [5, 5.41) is 6.20. The first-order valence-corrected chi connectivity index (χ1v) is 4.00. The van der Waals surface area contributed by atoms with Gasteiger partial charge in [-0.25, -0.2) is 0 Å². The second-order valence-electron chi connectivity index (χ2n) is 2.58. The lowest BCUT2D eigenvalue weighted by atomic mass is 10.1. The van der Waals surface area contributed by atoms with Crippen LogP contribution in [0, 0.1) is 0 Å². The van der Waals surface area contributed by atoms with Crippen LogP contribution in [0.5, 0.6) is 0 Å². The predicted molar refractivity (Wildman–Crippen MR) is 67.9 cm³/mol. The van der Waals surface area contributed by atoms with Crippen LogP contribution in [-0.2, 0) is 6.54 Å². The van der Waals surface area contributed by atoms with E-state index in [0.29, 0.717) is 6.54 Å². The topological polar surface area (TPSA) is 50.1 Å². The van der Waals surface area contributed by atoms with Crippen molar-refractivity contribution in [2.45, 2.75) is 6.54 Å². The van der Waals surface area contributed by atoms with Crippen LogP contribution in [0.2, 0.25) is 0 Å². The Morgan fingerprint density at radius 1 is 1.07 bits per heavy atom. The van der Waals surface area contributed by atoms with Crippen LogP contribution in [0.1, 0.15) is 5.56 Å². The summed E-state index contributed by atoms with van der Waals surface area (Å²) >= 11 is 0. The fourth-order valence-corrected chi connectivity index (χ4v) is 1.14. The van der Waals surface area contributed by atoms with Crippen molar-refractivity contribution in [1.29, 1.82) is 0 Å². The molecule has 0 saturated carbocycles. The molecule has 0 unspecified atom stereocenters. The lowest BCUT2D eigenvalue weighted by Gasteiger charge is -2.09. The molecule has 0 atom stereocenters. The van der Waals surface area contributed by atoms with Gasteiger partial charge in [0.1, 0.15) is 0 Å². The van der Waals surface area contributed by atoms with Gasteiger partial charge in [-0.15, -0.1) is 24.8 Å². The third kappa shape index (κ3) is 3.62. The van der Waals surface area contributed by atoms with Gasteiger partial charge >= 0.3 is 0 Å². The van der Waals surface area contributed by atoms with Crippen molar-refractivity contribution in [2.24, 2.45) is 5.73 Å². The molecule has 4 N–H and O–H groups in total. The molecule has 5 heteroatoms. The fourth-order valence-electron chi connectivity index (χ4n) is 1.14. The van der Waals surface area contributed by atoms with Gasteiger partial charge in [-0.3, -0.25) is 0 Å². The molecule has 0 spiro atoms. The zero-order chi connectivity index (χ0) is 8.97. The number of nitrogens with two attached hydrogens (primary N) is 1. The Labute approximate surface area is 97.3 Å². The molecular weight excluding hydrogens is 221 g/mol. The number of nitrogens with one attached hydrogen (secondary N) is 2. The summed E-state index contributed by atoms with van der Waals surface area (Å²) < 4.78 is 0. The molecule has 1 aromatic carbocycles. The van der Waals surface area contributed by atoms with Gasteiger partial charge in [0.15, 0.2) is 0 Å². The first-order chi connectivity index (χ1) is 5.81. The van der Waals surface area contributed by atoms with Crippen LogP contribution in [0.25, 0.3) is 0 Å². The predicted octanol–water partition coefficient (Wildman–Crippen LogP) is 2.07. The van der Waals surface area contributed by atoms with Crippen molar-refractivity contribution in [2.75, 3.05) is 24.7 Å². The summed E-state index contributed by atoms with van der Waals surface area (Å²) in [7, 11) is 3.80. The molecule has 1 aromatic rings. The molecule has 0 heterocycles. The summed E-state index contributed by atoms with van der Waals surface area (Å²) in [6.07, 6.45) is 0. The van der Waals surface area contributed by atoms with Crippen LogP contribution < -0.4 is 16.4 Å². The van der Waals surface area contributed by atoms with Crippen LogP contribution >= 0.6 is 24.8 Å². The highest BCUT2D eigenvalue weighted by molar-refractivity contribution is 5.85. The summed E-state index contributed by atoms with van der Waals surface area (Å²) in [5.74, 6) is 0. The molecule has 82 valence electrons. The van der Waals surface area contributed by atoms with Gasteiger partial charge in [0.25, 0.3) is 0 Å². The molecule has 0 bridgehead atoms. The number of anilines is 2. The van der Waals surface area contributed by atoms with Crippen LogP contribution in [0.3, 0.4) is 0 Å². The van der Waals surface area contributed by atoms with E-state index < -0.39 is 0 Å². The van der Waals surface area contributed by atoms with Crippen LogP contribution in [-0.4, -0.2) is 14.1 Å². The Bertz CT molecular complexity index is 266. The van der Waals surface area contributed by atoms with E-state index >= 15 is 0 Å². The molecular formula is C9H17Cl2N3. The molecule has 0 amide bonds. The molecule has 1 rings (SSSR count). The number of rotatable bonds is 3. The lowest BCUT2D eigenvalue weighted by Crippen LogP contribution is -2.00. The number of benzene rings is 1. The number of hydrogen-bond donors (Lipinski definition) is 3. The van der Waals surface area contributed by atoms with E-state index in [1.165, 1.54) is 0 Å². The molecule has 0 aromatic heterocycles. The second kappa shape index (κ2) is 7.74. The minimum Gasteiger partial charge on any atom is -0.386 e. The fraction of sp³-hybridized carbons (Fsp3) is 0.333. The average molecular weight is 238 g/mol. The first-order valence-electron chi connectivity index (χ1n) is 4.00. The lowest BCUT2D eigenvalue weighted by molar-refractivity contribution is 1.07. The third-order valence-corrected chi connectivity index (χ3v) is 1.86. The van der Waals surface area contributed by atoms with Gasteiger partial charge in [-0.05, 0) is 17.7 Å². The largest absolute Gasteiger partial charge is 0.386 e. The Hall–Kier alpha value is -0.640. The van der Waals surface area contributed by atoms with E-state index in [9.17, 15) is 0 Å². The molecule has 0 fully saturated rings. The summed E-state index contributed by atoms with van der Waals surface area (Å²) in [4.78, 5) is 0. The van der Waals surface area contributed by atoms with E-state index in [0.717, 1.165) is 16.9 Å². The smallest absolute Gasteiger partial charge is 0.0576 e. The molecule has 0 aliphatic carbocycles. The second-order valence-corrected chi connectivity index (χ2v) is 2.58. The maximum atomic E-state index is 5.52. The molecule has 14 heavy (non-hydrogen) atoms. The van der Waals surface area contributed by atoms with E-state index in [-0.39, 0.29) is 24.8 Å². The zero-order valence-electron chi connectivity index (χ0n) is 8.33. The van der Waals surface area contributed by atoms with Crippen molar-refractivity contribution in [3.63, 3.8) is 0 Å². The summed E-state index contributed by atoms with van der Waals surface area (Å²) in [6.45, 7) is 0.582. The molecule has 3 nitrogen and oxygen atoms in total. The van der Waals surface area contributed by atoms with Crippen molar-refractivity contribution in [3.05, 3.63) is 23.8 Å². The Balaban J connectivity index is 0. The average Bonchev–Trinajstić information content (AvgIpc) is 2.16. The van der Waals surface area contributed by atoms with Crippen LogP contribution in [0.15, 0.2) is 18.2 Å². The van der Waals surface area contributed by atoms with Gasteiger partial charge in [0.05, 0.1) is 11.4 Å². The standard InChI is InChI=1S/C9H15N3.2ClH/c1-11-8-4-3-7(6-10)5-9(8)12-2;;/h3-5,11-12H,6,10H2,1-2H3;2*1H. The van der Waals surface area contributed by atoms with E-state index in [2.05, 4.69) is 10.6 Å². The third-order valence-electron chi connectivity index (χ3n) is 1.86. The summed E-state index contributed by atoms with van der Waals surface area (Å²) in [5.41, 5.74) is 8.83. The highest BCUT2D eigenvalue weighted by Gasteiger charge is 1.98. The van der Waals surface area contributed by atoms with Crippen LogP contribution in [0.4, 0.5) is 11.4 Å². The van der Waals surface area contributed by atoms with Gasteiger partial charge in [-0.2, -0.15) is 0 Å². The number of halogens is 2. The van der Waals surface area contributed by atoms with Gasteiger partial charge in [0, 0.05) is 20.6 Å². The quantitative estimate of drug-likeness (QED) is 0.755. The van der Waals surface area contributed by atoms with E-state index in [1.807, 2.05) is 32.3 Å². The highest BCUT2D eigenvalue weighted by atomic mass is 35.5. The Morgan fingerprint density at radius 2 is 1.64 bits per heavy atom. The summed E-state index contributed by atoms with van der Waals surface area (Å²) in [6, 6.07) is 6.09. The molecule has 0 aliphatic heterocycles. The minimum atomic E-state index is 0. The van der Waals surface area contributed by atoms with Gasteiger partial charge in [-0.1, -0.05) is 6.07 Å². The highest BCUT2D eigenvalue weighted by Crippen LogP contribution is 2.21. The minimum absolute atomic E-state index is 0. The maximum Gasteiger partial charge on any atom is 0.0576 e. The van der Waals surface area contributed by atoms with E-state index in [1.54, 1.807) is 0 Å². The number of hydrogen-bond acceptors (Lipinski definition) is 3. The Morgan fingerprint density at radius 3 is 2.07 bits per heavy atom. The van der Waals surface area contributed by atoms with Crippen molar-refractivity contribution < 1.29 is 0 Å². The zero-order valence-corrected chi connectivity index (χ0v) is 9.97. The SMILES string of the molecule is CNc1ccc(CN)cc1NC.Cl.Cl. The Kier molecular flexibility index (Phi) is 8.74. The van der Waals surface area contributed by atoms with E-state index in [4.69, 9.17) is 5.73 Å². The first kappa shape index (κ1) is 15.8. The molecule has 0 saturated heterocycles. The normalized spacial score (nSPS) is 8.21. The van der Waals surface area contributed by atoms with Crippen molar-refractivity contribution >= 4 is 36.2 Å². The maximum absolute atomic E-state index is 5.52. The van der Waals surface area contributed by atoms with Crippen molar-refractivity contribution in [3.8, 4) is 0 Å². The molecule has 0 aliphatic rings. The monoisotopic (exact) mass is 237 g/mol. The van der Waals surface area contributed by atoms with Gasteiger partial charge < -0.3 is 16.4 Å².